The van der Waals surface area contributed by atoms with Gasteiger partial charge >= 0.3 is 0 Å². The number of hydrogen-bond acceptors (Lipinski definition) is 2. The van der Waals surface area contributed by atoms with E-state index >= 15 is 0 Å². The maximum absolute atomic E-state index is 3.26. The third-order valence-electron chi connectivity index (χ3n) is 1.81. The molecule has 0 spiro atoms. The number of hydrazine groups is 1. The van der Waals surface area contributed by atoms with Crippen molar-refractivity contribution < 1.29 is 0 Å². The molecule has 0 aromatic carbocycles. The quantitative estimate of drug-likeness (QED) is 0.580. The van der Waals surface area contributed by atoms with Crippen LogP contribution in [0.25, 0.3) is 0 Å². The van der Waals surface area contributed by atoms with Crippen LogP contribution in [0.4, 0.5) is 0 Å². The van der Waals surface area contributed by atoms with Gasteiger partial charge in [0.2, 0.25) is 0 Å². The normalized spacial score (nSPS) is 35.3. The van der Waals surface area contributed by atoms with E-state index in [9.17, 15) is 0 Å². The second kappa shape index (κ2) is 3.18. The van der Waals surface area contributed by atoms with E-state index in [4.69, 9.17) is 0 Å². The molecule has 0 aromatic rings. The Morgan fingerprint density at radius 3 is 2.67 bits per heavy atom. The van der Waals surface area contributed by atoms with Crippen molar-refractivity contribution in [3.05, 3.63) is 0 Å². The van der Waals surface area contributed by atoms with Crippen LogP contribution in [-0.2, 0) is 0 Å². The van der Waals surface area contributed by atoms with E-state index in [-0.39, 0.29) is 0 Å². The molecule has 1 heterocycles. The zero-order valence-corrected chi connectivity index (χ0v) is 6.28. The van der Waals surface area contributed by atoms with Crippen LogP contribution in [-0.4, -0.2) is 12.1 Å². The zero-order chi connectivity index (χ0) is 6.69. The Morgan fingerprint density at radius 2 is 2.22 bits per heavy atom. The number of hydrogen-bond donors (Lipinski definition) is 2. The van der Waals surface area contributed by atoms with Gasteiger partial charge in [0.15, 0.2) is 0 Å². The van der Waals surface area contributed by atoms with E-state index < -0.39 is 0 Å². The molecule has 2 atom stereocenters. The first kappa shape index (κ1) is 7.03. The topological polar surface area (TPSA) is 24.1 Å². The van der Waals surface area contributed by atoms with E-state index in [1.807, 2.05) is 0 Å². The molecular weight excluding hydrogens is 112 g/mol. The van der Waals surface area contributed by atoms with Gasteiger partial charge in [-0.1, -0.05) is 13.3 Å². The second-order valence-electron chi connectivity index (χ2n) is 2.91. The molecule has 9 heavy (non-hydrogen) atoms. The van der Waals surface area contributed by atoms with Crippen molar-refractivity contribution in [1.82, 2.24) is 10.9 Å². The van der Waals surface area contributed by atoms with Crippen LogP contribution in [0.1, 0.15) is 33.1 Å². The van der Waals surface area contributed by atoms with Gasteiger partial charge in [0.25, 0.3) is 0 Å². The van der Waals surface area contributed by atoms with Gasteiger partial charge < -0.3 is 0 Å². The average Bonchev–Trinajstić information content (AvgIpc) is 2.17. The van der Waals surface area contributed by atoms with Crippen LogP contribution < -0.4 is 10.9 Å². The van der Waals surface area contributed by atoms with Crippen LogP contribution in [0.15, 0.2) is 0 Å². The fraction of sp³-hybridized carbons (Fsp3) is 1.00. The fourth-order valence-corrected chi connectivity index (χ4v) is 1.34. The van der Waals surface area contributed by atoms with E-state index in [0.717, 1.165) is 6.04 Å². The zero-order valence-electron chi connectivity index (χ0n) is 6.28. The van der Waals surface area contributed by atoms with Crippen molar-refractivity contribution in [2.24, 2.45) is 0 Å². The first-order chi connectivity index (χ1) is 4.33. The molecule has 0 aromatic heterocycles. The summed E-state index contributed by atoms with van der Waals surface area (Å²) < 4.78 is 0. The number of rotatable bonds is 2. The second-order valence-corrected chi connectivity index (χ2v) is 2.91. The van der Waals surface area contributed by atoms with Gasteiger partial charge in [-0.25, -0.2) is 0 Å². The van der Waals surface area contributed by atoms with Crippen molar-refractivity contribution in [1.29, 1.82) is 0 Å². The molecule has 0 saturated carbocycles. The molecule has 0 bridgehead atoms. The van der Waals surface area contributed by atoms with Crippen LogP contribution in [0.5, 0.6) is 0 Å². The number of nitrogens with one attached hydrogen (secondary N) is 2. The van der Waals surface area contributed by atoms with Gasteiger partial charge in [-0.3, -0.25) is 10.9 Å². The lowest BCUT2D eigenvalue weighted by Gasteiger charge is -2.04. The lowest BCUT2D eigenvalue weighted by molar-refractivity contribution is 0.512. The minimum Gasteiger partial charge on any atom is -0.255 e. The van der Waals surface area contributed by atoms with Gasteiger partial charge in [0.05, 0.1) is 0 Å². The summed E-state index contributed by atoms with van der Waals surface area (Å²) in [7, 11) is 0. The molecule has 2 nitrogen and oxygen atoms in total. The molecule has 0 aliphatic carbocycles. The highest BCUT2D eigenvalue weighted by molar-refractivity contribution is 4.77. The maximum Gasteiger partial charge on any atom is 0.0228 e. The van der Waals surface area contributed by atoms with Crippen molar-refractivity contribution in [2.75, 3.05) is 0 Å². The molecular formula is C7H16N2. The molecule has 2 N–H and O–H groups in total. The third kappa shape index (κ3) is 1.95. The molecule has 54 valence electrons. The third-order valence-corrected chi connectivity index (χ3v) is 1.81. The Morgan fingerprint density at radius 1 is 1.44 bits per heavy atom. The molecule has 0 amide bonds. The summed E-state index contributed by atoms with van der Waals surface area (Å²) in [6.07, 6.45) is 3.87. The largest absolute Gasteiger partial charge is 0.255 e. The molecule has 1 aliphatic rings. The lowest BCUT2D eigenvalue weighted by atomic mass is 10.1. The SMILES string of the molecule is CCCC1CC(C)NN1. The van der Waals surface area contributed by atoms with Gasteiger partial charge in [-0.15, -0.1) is 0 Å². The predicted octanol–water partition coefficient (Wildman–Crippen LogP) is 1.04. The van der Waals surface area contributed by atoms with Crippen molar-refractivity contribution in [3.63, 3.8) is 0 Å². The Kier molecular flexibility index (Phi) is 2.49. The Balaban J connectivity index is 2.14. The van der Waals surface area contributed by atoms with Crippen LogP contribution in [0.3, 0.4) is 0 Å². The first-order valence-corrected chi connectivity index (χ1v) is 3.84. The smallest absolute Gasteiger partial charge is 0.0228 e. The summed E-state index contributed by atoms with van der Waals surface area (Å²) in [5.74, 6) is 0. The summed E-state index contributed by atoms with van der Waals surface area (Å²) >= 11 is 0. The van der Waals surface area contributed by atoms with Gasteiger partial charge in [0.1, 0.15) is 0 Å². The molecule has 0 radical (unpaired) electrons. The highest BCUT2D eigenvalue weighted by atomic mass is 15.4. The van der Waals surface area contributed by atoms with Crippen molar-refractivity contribution in [3.8, 4) is 0 Å². The first-order valence-electron chi connectivity index (χ1n) is 3.84. The standard InChI is InChI=1S/C7H16N2/c1-3-4-7-5-6(2)8-9-7/h6-9H,3-5H2,1-2H3. The predicted molar refractivity (Wildman–Crippen MR) is 39.0 cm³/mol. The van der Waals surface area contributed by atoms with E-state index in [1.165, 1.54) is 19.3 Å². The fourth-order valence-electron chi connectivity index (χ4n) is 1.34. The van der Waals surface area contributed by atoms with E-state index in [1.54, 1.807) is 0 Å². The van der Waals surface area contributed by atoms with Crippen LogP contribution in [0.2, 0.25) is 0 Å². The summed E-state index contributed by atoms with van der Waals surface area (Å²) in [4.78, 5) is 0. The average molecular weight is 128 g/mol. The molecule has 2 unspecified atom stereocenters. The monoisotopic (exact) mass is 128 g/mol. The van der Waals surface area contributed by atoms with Gasteiger partial charge in [-0.05, 0) is 19.8 Å². The molecule has 1 aliphatic heterocycles. The highest BCUT2D eigenvalue weighted by Gasteiger charge is 2.17. The Bertz CT molecular complexity index is 81.0. The molecule has 1 rings (SSSR count). The van der Waals surface area contributed by atoms with E-state index in [0.29, 0.717) is 6.04 Å². The summed E-state index contributed by atoms with van der Waals surface area (Å²) in [5, 5.41) is 0. The summed E-state index contributed by atoms with van der Waals surface area (Å²) in [5.41, 5.74) is 6.46. The summed E-state index contributed by atoms with van der Waals surface area (Å²) in [6, 6.07) is 1.39. The van der Waals surface area contributed by atoms with Crippen LogP contribution in [0, 0.1) is 0 Å². The Labute approximate surface area is 57.0 Å². The van der Waals surface area contributed by atoms with E-state index in [2.05, 4.69) is 24.7 Å². The minimum atomic E-state index is 0.668. The lowest BCUT2D eigenvalue weighted by Crippen LogP contribution is -2.32. The minimum absolute atomic E-state index is 0.668. The Hall–Kier alpha value is -0.0800. The molecule has 1 saturated heterocycles. The molecule has 2 heteroatoms. The van der Waals surface area contributed by atoms with Crippen LogP contribution >= 0.6 is 0 Å². The van der Waals surface area contributed by atoms with Gasteiger partial charge in [0, 0.05) is 12.1 Å². The van der Waals surface area contributed by atoms with Gasteiger partial charge in [-0.2, -0.15) is 0 Å². The van der Waals surface area contributed by atoms with Crippen molar-refractivity contribution >= 4 is 0 Å². The molecule has 1 fully saturated rings. The maximum atomic E-state index is 3.26. The van der Waals surface area contributed by atoms with Crippen molar-refractivity contribution in [2.45, 2.75) is 45.2 Å². The summed E-state index contributed by atoms with van der Waals surface area (Å²) in [6.45, 7) is 4.44. The highest BCUT2D eigenvalue weighted by Crippen LogP contribution is 2.08.